The van der Waals surface area contributed by atoms with Gasteiger partial charge in [-0.1, -0.05) is 12.1 Å². The highest BCUT2D eigenvalue weighted by Crippen LogP contribution is 2.26. The van der Waals surface area contributed by atoms with Crippen molar-refractivity contribution < 1.29 is 12.8 Å². The van der Waals surface area contributed by atoms with E-state index in [1.807, 2.05) is 35.0 Å². The summed E-state index contributed by atoms with van der Waals surface area (Å²) in [6, 6.07) is 15.1. The first kappa shape index (κ1) is 18.1. The topological polar surface area (TPSA) is 67.6 Å². The van der Waals surface area contributed by atoms with Gasteiger partial charge in [-0.05, 0) is 47.2 Å². The number of rotatable bonds is 6. The Balaban J connectivity index is 1.74. The predicted molar refractivity (Wildman–Crippen MR) is 108 cm³/mol. The molecule has 0 saturated carbocycles. The van der Waals surface area contributed by atoms with Crippen LogP contribution in [0.25, 0.3) is 11.0 Å². The molecular formula is C19H15NO4S3. The van der Waals surface area contributed by atoms with E-state index in [0.29, 0.717) is 24.1 Å². The summed E-state index contributed by atoms with van der Waals surface area (Å²) in [5, 5.41) is 4.44. The van der Waals surface area contributed by atoms with Gasteiger partial charge < -0.3 is 4.42 Å². The zero-order valence-electron chi connectivity index (χ0n) is 14.1. The van der Waals surface area contributed by atoms with Crippen LogP contribution in [-0.2, 0) is 23.1 Å². The quantitative estimate of drug-likeness (QED) is 0.439. The molecule has 0 amide bonds. The van der Waals surface area contributed by atoms with E-state index < -0.39 is 15.6 Å². The summed E-state index contributed by atoms with van der Waals surface area (Å²) in [4.78, 5) is 13.5. The van der Waals surface area contributed by atoms with E-state index in [-0.39, 0.29) is 4.90 Å². The Labute approximate surface area is 164 Å². The van der Waals surface area contributed by atoms with Gasteiger partial charge in [-0.15, -0.1) is 22.7 Å². The molecule has 3 aromatic heterocycles. The normalized spacial score (nSPS) is 12.0. The lowest BCUT2D eigenvalue weighted by atomic mass is 10.2. The van der Waals surface area contributed by atoms with Crippen LogP contribution in [0.4, 0.5) is 0 Å². The molecule has 0 aliphatic carbocycles. The molecule has 0 atom stereocenters. The second-order valence-corrected chi connectivity index (χ2v) is 9.89. The molecule has 0 bridgehead atoms. The van der Waals surface area contributed by atoms with Gasteiger partial charge in [-0.25, -0.2) is 13.2 Å². The first-order valence-corrected chi connectivity index (χ1v) is 11.3. The molecule has 4 aromatic rings. The molecule has 3 heterocycles. The molecule has 1 aromatic carbocycles. The molecule has 0 spiro atoms. The Morgan fingerprint density at radius 1 is 0.889 bits per heavy atom. The predicted octanol–water partition coefficient (Wildman–Crippen LogP) is 4.31. The summed E-state index contributed by atoms with van der Waals surface area (Å²) in [6.07, 6.45) is 0. The second-order valence-electron chi connectivity index (χ2n) is 5.89. The molecule has 0 N–H and O–H groups in total. The van der Waals surface area contributed by atoms with Gasteiger partial charge in [-0.3, -0.25) is 0 Å². The maximum atomic E-state index is 13.3. The van der Waals surface area contributed by atoms with Gasteiger partial charge in [-0.2, -0.15) is 4.31 Å². The summed E-state index contributed by atoms with van der Waals surface area (Å²) in [6.45, 7) is 0.611. The van der Waals surface area contributed by atoms with Crippen LogP contribution in [0, 0.1) is 0 Å². The van der Waals surface area contributed by atoms with Gasteiger partial charge in [0.05, 0.1) is 4.90 Å². The lowest BCUT2D eigenvalue weighted by Crippen LogP contribution is -2.29. The number of benzene rings is 1. The van der Waals surface area contributed by atoms with E-state index in [0.717, 1.165) is 9.75 Å². The summed E-state index contributed by atoms with van der Waals surface area (Å²) in [5.41, 5.74) is -0.0976. The summed E-state index contributed by atoms with van der Waals surface area (Å²) >= 11 is 3.05. The molecule has 4 rings (SSSR count). The van der Waals surface area contributed by atoms with Crippen molar-refractivity contribution in [3.8, 4) is 0 Å². The number of fused-ring (bicyclic) bond motifs is 1. The van der Waals surface area contributed by atoms with Crippen molar-refractivity contribution in [3.05, 3.63) is 85.5 Å². The molecule has 0 aliphatic heterocycles. The average molecular weight is 418 g/mol. The zero-order chi connectivity index (χ0) is 18.9. The van der Waals surface area contributed by atoms with Crippen molar-refractivity contribution in [1.29, 1.82) is 0 Å². The van der Waals surface area contributed by atoms with Crippen molar-refractivity contribution in [3.63, 3.8) is 0 Å². The smallest absolute Gasteiger partial charge is 0.336 e. The zero-order valence-corrected chi connectivity index (χ0v) is 16.5. The molecule has 0 saturated heterocycles. The fourth-order valence-corrected chi connectivity index (χ4v) is 5.77. The van der Waals surface area contributed by atoms with Crippen molar-refractivity contribution >= 4 is 43.7 Å². The van der Waals surface area contributed by atoms with E-state index in [4.69, 9.17) is 4.42 Å². The molecule has 5 nitrogen and oxygen atoms in total. The summed E-state index contributed by atoms with van der Waals surface area (Å²) in [7, 11) is -3.73. The largest absolute Gasteiger partial charge is 0.423 e. The Morgan fingerprint density at radius 3 is 2.15 bits per heavy atom. The minimum Gasteiger partial charge on any atom is -0.423 e. The highest BCUT2D eigenvalue weighted by molar-refractivity contribution is 7.89. The van der Waals surface area contributed by atoms with Gasteiger partial charge in [0.1, 0.15) is 5.58 Å². The fourth-order valence-electron chi connectivity index (χ4n) is 2.74. The molecule has 0 aliphatic rings. The molecule has 0 fully saturated rings. The van der Waals surface area contributed by atoms with Crippen LogP contribution in [0.3, 0.4) is 0 Å². The van der Waals surface area contributed by atoms with E-state index in [1.165, 1.54) is 45.2 Å². The van der Waals surface area contributed by atoms with Crippen molar-refractivity contribution in [1.82, 2.24) is 4.31 Å². The lowest BCUT2D eigenvalue weighted by Gasteiger charge is -2.21. The number of nitrogens with zero attached hydrogens (tertiary/aromatic N) is 1. The van der Waals surface area contributed by atoms with E-state index in [2.05, 4.69) is 0 Å². The molecule has 0 radical (unpaired) electrons. The number of sulfonamides is 1. The maximum absolute atomic E-state index is 13.3. The fraction of sp³-hybridized carbons (Fsp3) is 0.105. The summed E-state index contributed by atoms with van der Waals surface area (Å²) in [5.74, 6) is 0. The summed E-state index contributed by atoms with van der Waals surface area (Å²) < 4.78 is 33.3. The van der Waals surface area contributed by atoms with Crippen LogP contribution in [0.5, 0.6) is 0 Å². The van der Waals surface area contributed by atoms with Gasteiger partial charge in [0, 0.05) is 34.3 Å². The molecule has 8 heteroatoms. The SMILES string of the molecule is O=c1ccc2cc(S(=O)(=O)N(Cc3cccs3)Cc3cccs3)ccc2o1. The van der Waals surface area contributed by atoms with Crippen LogP contribution in [0.1, 0.15) is 9.75 Å². The third-order valence-corrected chi connectivity index (χ3v) is 7.56. The van der Waals surface area contributed by atoms with Gasteiger partial charge >= 0.3 is 5.63 Å². The molecule has 27 heavy (non-hydrogen) atoms. The minimum atomic E-state index is -3.73. The van der Waals surface area contributed by atoms with E-state index in [1.54, 1.807) is 12.1 Å². The van der Waals surface area contributed by atoms with E-state index >= 15 is 0 Å². The highest BCUT2D eigenvalue weighted by Gasteiger charge is 2.26. The maximum Gasteiger partial charge on any atom is 0.336 e. The second kappa shape index (κ2) is 7.40. The average Bonchev–Trinajstić information content (AvgIpc) is 3.34. The third-order valence-electron chi connectivity index (χ3n) is 4.05. The van der Waals surface area contributed by atoms with Crippen LogP contribution in [-0.4, -0.2) is 12.7 Å². The van der Waals surface area contributed by atoms with Crippen LogP contribution < -0.4 is 5.63 Å². The minimum absolute atomic E-state index is 0.178. The van der Waals surface area contributed by atoms with Crippen molar-refractivity contribution in [2.24, 2.45) is 0 Å². The Kier molecular flexibility index (Phi) is 4.96. The molecular weight excluding hydrogens is 402 g/mol. The standard InChI is InChI=1S/C19H15NO4S3/c21-19-8-5-14-11-17(6-7-18(14)24-19)27(22,23)20(12-15-3-1-9-25-15)13-16-4-2-10-26-16/h1-11H,12-13H2. The first-order chi connectivity index (χ1) is 13.0. The van der Waals surface area contributed by atoms with E-state index in [9.17, 15) is 13.2 Å². The molecule has 0 unspecified atom stereocenters. The van der Waals surface area contributed by atoms with Gasteiger partial charge in [0.25, 0.3) is 0 Å². The number of thiophene rings is 2. The molecule has 138 valence electrons. The highest BCUT2D eigenvalue weighted by atomic mass is 32.2. The van der Waals surface area contributed by atoms with Gasteiger partial charge in [0.15, 0.2) is 0 Å². The monoisotopic (exact) mass is 417 g/mol. The third kappa shape index (κ3) is 3.89. The number of hydrogen-bond donors (Lipinski definition) is 0. The Hall–Kier alpha value is -2.26. The Bertz CT molecular complexity index is 1170. The first-order valence-electron chi connectivity index (χ1n) is 8.11. The lowest BCUT2D eigenvalue weighted by molar-refractivity contribution is 0.407. The Morgan fingerprint density at radius 2 is 1.56 bits per heavy atom. The number of hydrogen-bond acceptors (Lipinski definition) is 6. The van der Waals surface area contributed by atoms with Crippen LogP contribution >= 0.6 is 22.7 Å². The van der Waals surface area contributed by atoms with Crippen molar-refractivity contribution in [2.75, 3.05) is 0 Å². The van der Waals surface area contributed by atoms with Crippen LogP contribution in [0.2, 0.25) is 0 Å². The van der Waals surface area contributed by atoms with Crippen molar-refractivity contribution in [2.45, 2.75) is 18.0 Å². The van der Waals surface area contributed by atoms with Gasteiger partial charge in [0.2, 0.25) is 10.0 Å². The van der Waals surface area contributed by atoms with Crippen LogP contribution in [0.15, 0.2) is 79.5 Å².